The summed E-state index contributed by atoms with van der Waals surface area (Å²) in [5.74, 6) is -0.103. The molecule has 1 aliphatic carbocycles. The quantitative estimate of drug-likeness (QED) is 0.457. The van der Waals surface area contributed by atoms with Crippen LogP contribution in [0.3, 0.4) is 0 Å². The van der Waals surface area contributed by atoms with E-state index in [9.17, 15) is 19.8 Å². The average molecular weight is 484 g/mol. The number of aliphatic hydroxyl groups is 1. The van der Waals surface area contributed by atoms with Crippen molar-refractivity contribution in [3.8, 4) is 0 Å². The number of aromatic nitrogens is 3. The highest BCUT2D eigenvalue weighted by atomic mass is 35.5. The number of halogens is 1. The summed E-state index contributed by atoms with van der Waals surface area (Å²) in [7, 11) is 0. The van der Waals surface area contributed by atoms with Crippen LogP contribution in [-0.4, -0.2) is 49.9 Å². The van der Waals surface area contributed by atoms with Gasteiger partial charge in [-0.25, -0.2) is 14.8 Å². The summed E-state index contributed by atoms with van der Waals surface area (Å²) in [5.41, 5.74) is 2.31. The highest BCUT2D eigenvalue weighted by Gasteiger charge is 2.55. The van der Waals surface area contributed by atoms with Crippen molar-refractivity contribution in [3.63, 3.8) is 0 Å². The van der Waals surface area contributed by atoms with Crippen molar-refractivity contribution in [3.05, 3.63) is 56.6 Å². The lowest BCUT2D eigenvalue weighted by Gasteiger charge is -2.25. The van der Waals surface area contributed by atoms with Gasteiger partial charge in [0.05, 0.1) is 28.7 Å². The molecule has 1 aliphatic heterocycles. The van der Waals surface area contributed by atoms with Crippen LogP contribution in [0.5, 0.6) is 0 Å². The van der Waals surface area contributed by atoms with Crippen molar-refractivity contribution in [1.82, 2.24) is 14.5 Å². The van der Waals surface area contributed by atoms with Crippen molar-refractivity contribution in [2.24, 2.45) is 11.8 Å². The third kappa shape index (κ3) is 3.69. The third-order valence-electron chi connectivity index (χ3n) is 6.86. The highest BCUT2D eigenvalue weighted by Crippen LogP contribution is 2.46. The van der Waals surface area contributed by atoms with E-state index in [4.69, 9.17) is 16.6 Å². The molecule has 1 saturated heterocycles. The number of aryl methyl sites for hydroxylation is 1. The molecule has 0 bridgehead atoms. The minimum Gasteiger partial charge on any atom is -0.476 e. The summed E-state index contributed by atoms with van der Waals surface area (Å²) in [6.45, 7) is 7.57. The molecule has 1 unspecified atom stereocenters. The van der Waals surface area contributed by atoms with Crippen molar-refractivity contribution >= 4 is 40.1 Å². The van der Waals surface area contributed by atoms with Crippen LogP contribution in [0.25, 0.3) is 10.9 Å². The molecule has 34 heavy (non-hydrogen) atoms. The van der Waals surface area contributed by atoms with Gasteiger partial charge in [-0.15, -0.1) is 0 Å². The Hall–Kier alpha value is -3.17. The molecule has 0 spiro atoms. The Morgan fingerprint density at radius 1 is 1.26 bits per heavy atom. The van der Waals surface area contributed by atoms with Gasteiger partial charge in [-0.05, 0) is 44.5 Å². The van der Waals surface area contributed by atoms with Gasteiger partial charge >= 0.3 is 5.97 Å². The molecule has 2 aromatic heterocycles. The van der Waals surface area contributed by atoms with Crippen molar-refractivity contribution in [2.45, 2.75) is 39.5 Å². The number of fused-ring (bicyclic) bond motifs is 2. The second-order valence-electron chi connectivity index (χ2n) is 9.14. The fourth-order valence-electron chi connectivity index (χ4n) is 5.03. The third-order valence-corrected chi connectivity index (χ3v) is 7.07. The van der Waals surface area contributed by atoms with E-state index in [-0.39, 0.29) is 40.4 Å². The van der Waals surface area contributed by atoms with Gasteiger partial charge in [0, 0.05) is 37.0 Å². The normalized spacial score (nSPS) is 22.0. The van der Waals surface area contributed by atoms with Gasteiger partial charge in [0.2, 0.25) is 5.95 Å². The average Bonchev–Trinajstić information content (AvgIpc) is 3.19. The van der Waals surface area contributed by atoms with E-state index in [0.29, 0.717) is 42.2 Å². The fourth-order valence-corrected chi connectivity index (χ4v) is 5.18. The van der Waals surface area contributed by atoms with Crippen LogP contribution in [0.4, 0.5) is 11.6 Å². The Kier molecular flexibility index (Phi) is 5.49. The number of carboxylic acids is 1. The van der Waals surface area contributed by atoms with Gasteiger partial charge < -0.3 is 20.4 Å². The predicted molar refractivity (Wildman–Crippen MR) is 130 cm³/mol. The smallest absolute Gasteiger partial charge is 0.356 e. The van der Waals surface area contributed by atoms with Gasteiger partial charge in [-0.1, -0.05) is 17.7 Å². The second-order valence-corrected chi connectivity index (χ2v) is 9.52. The SMILES string of the molecule is CCn1c(N2C[C@@H]3C(O)[C@@H]3C2)nc2c([C@H](C)Nc3ccc(Cl)nc3C(=O)O)cc(C)cc2c1=O. The largest absolute Gasteiger partial charge is 0.476 e. The fraction of sp³-hybridized carbons (Fsp3) is 0.417. The number of benzene rings is 1. The van der Waals surface area contributed by atoms with E-state index in [1.807, 2.05) is 32.9 Å². The number of hydrogen-bond acceptors (Lipinski definition) is 7. The van der Waals surface area contributed by atoms with E-state index < -0.39 is 5.97 Å². The predicted octanol–water partition coefficient (Wildman–Crippen LogP) is 3.07. The van der Waals surface area contributed by atoms with Gasteiger partial charge in [0.15, 0.2) is 5.69 Å². The standard InChI is InChI=1S/C24H26ClN5O4/c1-4-30-22(32)14-8-11(2)7-13(12(3)26-17-5-6-18(25)27-20(17)23(33)34)19(14)28-24(30)29-9-15-16(10-29)21(15)31/h5-8,12,15-16,21,26,31H,4,9-10H2,1-3H3,(H,33,34)/t12-,15-,16+,21?/m0/s1. The van der Waals surface area contributed by atoms with Crippen LogP contribution in [0.2, 0.25) is 5.15 Å². The van der Waals surface area contributed by atoms with E-state index in [2.05, 4.69) is 15.2 Å². The highest BCUT2D eigenvalue weighted by molar-refractivity contribution is 6.29. The molecule has 0 amide bonds. The van der Waals surface area contributed by atoms with E-state index in [1.165, 1.54) is 6.07 Å². The van der Waals surface area contributed by atoms with Gasteiger partial charge in [0.25, 0.3) is 5.56 Å². The number of aromatic carboxylic acids is 1. The number of carbonyl (C=O) groups is 1. The number of carboxylic acid groups (broad SMARTS) is 1. The molecule has 3 aromatic rings. The maximum atomic E-state index is 13.5. The zero-order valence-electron chi connectivity index (χ0n) is 19.1. The molecule has 1 aromatic carbocycles. The second kappa shape index (κ2) is 8.25. The lowest BCUT2D eigenvalue weighted by atomic mass is 10.0. The molecule has 2 aliphatic rings. The summed E-state index contributed by atoms with van der Waals surface area (Å²) in [6, 6.07) is 6.55. The van der Waals surface area contributed by atoms with Crippen LogP contribution in [-0.2, 0) is 6.54 Å². The number of nitrogens with zero attached hydrogens (tertiary/aromatic N) is 4. The molecule has 9 nitrogen and oxygen atoms in total. The first-order valence-corrected chi connectivity index (χ1v) is 11.7. The molecule has 1 saturated carbocycles. The minimum atomic E-state index is -1.19. The molecule has 0 radical (unpaired) electrons. The summed E-state index contributed by atoms with van der Waals surface area (Å²) in [4.78, 5) is 36.1. The number of pyridine rings is 1. The van der Waals surface area contributed by atoms with Crippen molar-refractivity contribution in [2.75, 3.05) is 23.3 Å². The lowest BCUT2D eigenvalue weighted by molar-refractivity contribution is 0.0691. The van der Waals surface area contributed by atoms with Crippen LogP contribution >= 0.6 is 11.6 Å². The molecular formula is C24H26ClN5O4. The van der Waals surface area contributed by atoms with Crippen LogP contribution in [0.1, 0.15) is 41.5 Å². The van der Waals surface area contributed by atoms with Crippen LogP contribution in [0.15, 0.2) is 29.1 Å². The first-order chi connectivity index (χ1) is 16.2. The van der Waals surface area contributed by atoms with E-state index >= 15 is 0 Å². The lowest BCUT2D eigenvalue weighted by Crippen LogP contribution is -2.34. The van der Waals surface area contributed by atoms with E-state index in [0.717, 1.165) is 11.1 Å². The Labute approximate surface area is 201 Å². The number of aliphatic hydroxyl groups excluding tert-OH is 1. The molecule has 178 valence electrons. The van der Waals surface area contributed by atoms with Gasteiger partial charge in [0.1, 0.15) is 5.15 Å². The first-order valence-electron chi connectivity index (χ1n) is 11.3. The Bertz CT molecular complexity index is 1360. The summed E-state index contributed by atoms with van der Waals surface area (Å²) >= 11 is 5.89. The van der Waals surface area contributed by atoms with Crippen molar-refractivity contribution < 1.29 is 15.0 Å². The molecule has 5 rings (SSSR count). The maximum Gasteiger partial charge on any atom is 0.356 e. The Morgan fingerprint density at radius 3 is 2.62 bits per heavy atom. The molecule has 3 N–H and O–H groups in total. The zero-order chi connectivity index (χ0) is 24.3. The monoisotopic (exact) mass is 483 g/mol. The number of nitrogens with one attached hydrogen (secondary N) is 1. The number of piperidine rings is 1. The van der Waals surface area contributed by atoms with Gasteiger partial charge in [-0.2, -0.15) is 0 Å². The van der Waals surface area contributed by atoms with Crippen LogP contribution < -0.4 is 15.8 Å². The molecule has 2 fully saturated rings. The Balaban J connectivity index is 1.60. The summed E-state index contributed by atoms with van der Waals surface area (Å²) in [5, 5.41) is 23.3. The molecule has 3 heterocycles. The van der Waals surface area contributed by atoms with Gasteiger partial charge in [-0.3, -0.25) is 9.36 Å². The minimum absolute atomic E-state index is 0.0943. The van der Waals surface area contributed by atoms with Crippen LogP contribution in [0, 0.1) is 18.8 Å². The number of anilines is 2. The molecule has 10 heteroatoms. The van der Waals surface area contributed by atoms with Crippen molar-refractivity contribution in [1.29, 1.82) is 0 Å². The number of rotatable bonds is 6. The van der Waals surface area contributed by atoms with E-state index in [1.54, 1.807) is 10.6 Å². The zero-order valence-corrected chi connectivity index (χ0v) is 19.9. The molecule has 4 atom stereocenters. The first kappa shape index (κ1) is 22.6. The Morgan fingerprint density at radius 2 is 1.97 bits per heavy atom. The topological polar surface area (TPSA) is 121 Å². The summed E-state index contributed by atoms with van der Waals surface area (Å²) in [6.07, 6.45) is -0.252. The maximum absolute atomic E-state index is 13.5. The summed E-state index contributed by atoms with van der Waals surface area (Å²) < 4.78 is 1.69. The molecular weight excluding hydrogens is 458 g/mol. The number of hydrogen-bond donors (Lipinski definition) is 3.